The average Bonchev–Trinajstić information content (AvgIpc) is 3.11. The van der Waals surface area contributed by atoms with Crippen LogP contribution in [0, 0.1) is 6.92 Å². The Morgan fingerprint density at radius 3 is 2.53 bits per heavy atom. The number of carbonyl (C=O) groups excluding carboxylic acids is 2. The number of thioether (sulfide) groups is 1. The Bertz CT molecular complexity index is 1330. The monoisotopic (exact) mass is 563 g/mol. The number of methoxy groups -OCH3 is 1. The van der Waals surface area contributed by atoms with Gasteiger partial charge in [-0.15, -0.1) is 6.58 Å². The highest BCUT2D eigenvalue weighted by molar-refractivity contribution is 9.10. The number of carbonyl (C=O) groups is 2. The predicted octanol–water partition coefficient (Wildman–Crippen LogP) is 7.31. The fourth-order valence-corrected chi connectivity index (χ4v) is 5.01. The maximum absolute atomic E-state index is 13.1. The molecule has 0 saturated carbocycles. The van der Waals surface area contributed by atoms with Crippen molar-refractivity contribution in [2.24, 2.45) is 0 Å². The number of aryl methyl sites for hydroxylation is 1. The van der Waals surface area contributed by atoms with Crippen LogP contribution in [0.2, 0.25) is 0 Å². The molecule has 0 radical (unpaired) electrons. The smallest absolute Gasteiger partial charge is 0.293 e. The van der Waals surface area contributed by atoms with Gasteiger partial charge in [0.25, 0.3) is 11.1 Å². The molecular weight excluding hydrogens is 538 g/mol. The molecule has 1 heterocycles. The summed E-state index contributed by atoms with van der Waals surface area (Å²) in [5, 5.41) is -0.277. The molecule has 1 aliphatic heterocycles. The van der Waals surface area contributed by atoms with Crippen LogP contribution in [-0.2, 0) is 24.4 Å². The van der Waals surface area contributed by atoms with E-state index in [0.717, 1.165) is 44.1 Å². The average molecular weight is 565 g/mol. The van der Waals surface area contributed by atoms with Crippen LogP contribution in [0.15, 0.2) is 82.7 Å². The van der Waals surface area contributed by atoms with Gasteiger partial charge in [-0.05, 0) is 72.1 Å². The fourth-order valence-electron chi connectivity index (χ4n) is 3.91. The Kier molecular flexibility index (Phi) is 8.33. The zero-order valence-electron chi connectivity index (χ0n) is 20.1. The van der Waals surface area contributed by atoms with Gasteiger partial charge >= 0.3 is 0 Å². The van der Waals surface area contributed by atoms with Crippen molar-refractivity contribution >= 4 is 44.9 Å². The largest absolute Gasteiger partial charge is 0.493 e. The van der Waals surface area contributed by atoms with E-state index in [1.165, 1.54) is 4.90 Å². The Morgan fingerprint density at radius 1 is 1.06 bits per heavy atom. The third-order valence-electron chi connectivity index (χ3n) is 5.63. The zero-order valence-corrected chi connectivity index (χ0v) is 22.5. The number of nitrogens with zero attached hydrogens (tertiary/aromatic N) is 1. The number of benzene rings is 3. The number of allylic oxidation sites excluding steroid dienone is 1. The second-order valence-corrected chi connectivity index (χ2v) is 10.3. The van der Waals surface area contributed by atoms with Gasteiger partial charge in [-0.3, -0.25) is 14.5 Å². The van der Waals surface area contributed by atoms with Crippen molar-refractivity contribution in [1.29, 1.82) is 0 Å². The Morgan fingerprint density at radius 2 is 1.83 bits per heavy atom. The summed E-state index contributed by atoms with van der Waals surface area (Å²) in [6, 6.07) is 19.5. The first-order valence-electron chi connectivity index (χ1n) is 11.4. The highest BCUT2D eigenvalue weighted by Crippen LogP contribution is 2.38. The van der Waals surface area contributed by atoms with Crippen LogP contribution in [0.3, 0.4) is 0 Å². The van der Waals surface area contributed by atoms with E-state index in [9.17, 15) is 9.59 Å². The lowest BCUT2D eigenvalue weighted by Gasteiger charge is -2.16. The van der Waals surface area contributed by atoms with E-state index >= 15 is 0 Å². The molecule has 7 heteroatoms. The van der Waals surface area contributed by atoms with Gasteiger partial charge in [0, 0.05) is 10.0 Å². The number of imide groups is 1. The van der Waals surface area contributed by atoms with Crippen LogP contribution in [0.25, 0.3) is 6.08 Å². The predicted molar refractivity (Wildman–Crippen MR) is 148 cm³/mol. The molecule has 0 bridgehead atoms. The van der Waals surface area contributed by atoms with Gasteiger partial charge in [0.2, 0.25) is 0 Å². The van der Waals surface area contributed by atoms with Gasteiger partial charge in [0.1, 0.15) is 6.61 Å². The van der Waals surface area contributed by atoms with Crippen molar-refractivity contribution in [3.63, 3.8) is 0 Å². The molecule has 1 saturated heterocycles. The fraction of sp³-hybridized carbons (Fsp3) is 0.172. The highest BCUT2D eigenvalue weighted by Gasteiger charge is 2.35. The summed E-state index contributed by atoms with van der Waals surface area (Å²) in [5.41, 5.74) is 4.66. The molecule has 0 aliphatic carbocycles. The molecular formula is C29H26BrNO4S. The summed E-state index contributed by atoms with van der Waals surface area (Å²) < 4.78 is 12.8. The first-order valence-corrected chi connectivity index (χ1v) is 13.0. The lowest BCUT2D eigenvalue weighted by Crippen LogP contribution is -2.27. The maximum atomic E-state index is 13.1. The van der Waals surface area contributed by atoms with Crippen molar-refractivity contribution in [2.45, 2.75) is 26.5 Å². The van der Waals surface area contributed by atoms with Gasteiger partial charge in [0.15, 0.2) is 11.5 Å². The molecule has 0 atom stereocenters. The maximum Gasteiger partial charge on any atom is 0.293 e. The third kappa shape index (κ3) is 6.09. The molecule has 1 aliphatic rings. The molecule has 3 aromatic carbocycles. The molecule has 0 aromatic heterocycles. The number of hydrogen-bond acceptors (Lipinski definition) is 5. The minimum Gasteiger partial charge on any atom is -0.493 e. The van der Waals surface area contributed by atoms with Crippen LogP contribution in [-0.4, -0.2) is 23.2 Å². The highest BCUT2D eigenvalue weighted by atomic mass is 79.9. The first-order chi connectivity index (χ1) is 17.4. The molecule has 0 spiro atoms. The second kappa shape index (κ2) is 11.6. The number of hydrogen-bond donors (Lipinski definition) is 0. The summed E-state index contributed by atoms with van der Waals surface area (Å²) in [4.78, 5) is 27.4. The van der Waals surface area contributed by atoms with Gasteiger partial charge in [-0.25, -0.2) is 0 Å². The summed E-state index contributed by atoms with van der Waals surface area (Å²) in [6.07, 6.45) is 4.08. The number of rotatable bonds is 9. The lowest BCUT2D eigenvalue weighted by molar-refractivity contribution is -0.123. The Hall–Kier alpha value is -3.29. The van der Waals surface area contributed by atoms with E-state index in [0.29, 0.717) is 29.4 Å². The van der Waals surface area contributed by atoms with Crippen molar-refractivity contribution in [3.05, 3.63) is 111 Å². The van der Waals surface area contributed by atoms with Gasteiger partial charge in [-0.1, -0.05) is 64.0 Å². The van der Waals surface area contributed by atoms with Gasteiger partial charge < -0.3 is 9.47 Å². The second-order valence-electron chi connectivity index (χ2n) is 8.38. The van der Waals surface area contributed by atoms with Crippen LogP contribution in [0.4, 0.5) is 4.79 Å². The van der Waals surface area contributed by atoms with Crippen molar-refractivity contribution in [1.82, 2.24) is 4.90 Å². The molecule has 0 N–H and O–H groups in total. The number of halogens is 1. The minimum atomic E-state index is -0.300. The van der Waals surface area contributed by atoms with Crippen molar-refractivity contribution < 1.29 is 19.1 Å². The molecule has 4 rings (SSSR count). The first kappa shape index (κ1) is 25.8. The number of ether oxygens (including phenoxy) is 2. The summed E-state index contributed by atoms with van der Waals surface area (Å²) >= 11 is 4.39. The molecule has 2 amide bonds. The van der Waals surface area contributed by atoms with E-state index in [-0.39, 0.29) is 17.7 Å². The molecule has 184 valence electrons. The minimum absolute atomic E-state index is 0.248. The van der Waals surface area contributed by atoms with E-state index < -0.39 is 0 Å². The molecule has 1 fully saturated rings. The standard InChI is InChI=1S/C29H26BrNO4S/c1-4-6-23-14-22(15-25(34-3)27(23)35-18-20-9-11-24(30)12-10-20)16-26-28(32)31(29(33)36-26)17-21-8-5-7-19(2)13-21/h4-5,7-16H,1,6,17-18H2,2-3H3/b26-16-. The topological polar surface area (TPSA) is 55.8 Å². The molecule has 36 heavy (non-hydrogen) atoms. The molecule has 0 unspecified atom stereocenters. The lowest BCUT2D eigenvalue weighted by atomic mass is 10.0. The van der Waals surface area contributed by atoms with Crippen LogP contribution >= 0.6 is 27.7 Å². The van der Waals surface area contributed by atoms with Crippen LogP contribution in [0.1, 0.15) is 27.8 Å². The van der Waals surface area contributed by atoms with Crippen molar-refractivity contribution in [2.75, 3.05) is 7.11 Å². The normalized spacial score (nSPS) is 14.4. The quantitative estimate of drug-likeness (QED) is 0.202. The van der Waals surface area contributed by atoms with E-state index in [2.05, 4.69) is 22.5 Å². The Labute approximate surface area is 223 Å². The molecule has 5 nitrogen and oxygen atoms in total. The SMILES string of the molecule is C=CCc1cc(/C=C2\SC(=O)N(Cc3cccc(C)c3)C2=O)cc(OC)c1OCc1ccc(Br)cc1. The van der Waals surface area contributed by atoms with Gasteiger partial charge in [-0.2, -0.15) is 0 Å². The third-order valence-corrected chi connectivity index (χ3v) is 7.07. The van der Waals surface area contributed by atoms with Crippen LogP contribution < -0.4 is 9.47 Å². The van der Waals surface area contributed by atoms with Gasteiger partial charge in [0.05, 0.1) is 18.6 Å². The Balaban J connectivity index is 1.59. The zero-order chi connectivity index (χ0) is 25.7. The number of amides is 2. The summed E-state index contributed by atoms with van der Waals surface area (Å²) in [5.74, 6) is 0.882. The van der Waals surface area contributed by atoms with Crippen LogP contribution in [0.5, 0.6) is 11.5 Å². The summed E-state index contributed by atoms with van der Waals surface area (Å²) in [6.45, 7) is 6.48. The van der Waals surface area contributed by atoms with Crippen molar-refractivity contribution in [3.8, 4) is 11.5 Å². The van der Waals surface area contributed by atoms with E-state index in [1.807, 2.05) is 67.6 Å². The molecule has 3 aromatic rings. The summed E-state index contributed by atoms with van der Waals surface area (Å²) in [7, 11) is 1.58. The van der Waals surface area contributed by atoms with E-state index in [1.54, 1.807) is 19.3 Å². The van der Waals surface area contributed by atoms with E-state index in [4.69, 9.17) is 9.47 Å².